The fraction of sp³-hybridized carbons (Fsp3) is 0.158. The molecule has 0 spiro atoms. The number of benzene rings is 2. The number of nitrogens with one attached hydrogen (secondary N) is 1. The summed E-state index contributed by atoms with van der Waals surface area (Å²) in [6, 6.07) is 10.6. The molecule has 3 aromatic rings. The molecule has 1 aromatic heterocycles. The van der Waals surface area contributed by atoms with Gasteiger partial charge in [-0.25, -0.2) is 13.8 Å². The monoisotopic (exact) mass is 355 g/mol. The maximum Gasteiger partial charge on any atom is 0.226 e. The van der Waals surface area contributed by atoms with E-state index in [-0.39, 0.29) is 17.9 Å². The molecule has 1 amide bonds. The van der Waals surface area contributed by atoms with Crippen molar-refractivity contribution in [1.82, 2.24) is 9.55 Å². The second-order valence-electron chi connectivity index (χ2n) is 6.02. The van der Waals surface area contributed by atoms with Crippen LogP contribution in [0.2, 0.25) is 0 Å². The molecule has 0 aliphatic carbocycles. The normalized spacial score (nSPS) is 16.1. The van der Waals surface area contributed by atoms with Crippen LogP contribution in [0.25, 0.3) is 5.69 Å². The van der Waals surface area contributed by atoms with Crippen LogP contribution in [0.4, 0.5) is 14.6 Å². The number of imidazole rings is 1. The molecule has 2 heterocycles. The van der Waals surface area contributed by atoms with Gasteiger partial charge in [0, 0.05) is 24.5 Å². The highest BCUT2D eigenvalue weighted by atomic mass is 19.1. The van der Waals surface area contributed by atoms with Gasteiger partial charge in [-0.15, -0.1) is 0 Å². The molecular weight excluding hydrogens is 340 g/mol. The van der Waals surface area contributed by atoms with Crippen molar-refractivity contribution in [1.29, 1.82) is 0 Å². The Balaban J connectivity index is 1.82. The second-order valence-corrected chi connectivity index (χ2v) is 6.02. The lowest BCUT2D eigenvalue weighted by Crippen LogP contribution is -2.25. The number of amides is 1. The molecule has 0 radical (unpaired) electrons. The molecule has 5 nitrogen and oxygen atoms in total. The first kappa shape index (κ1) is 16.3. The zero-order chi connectivity index (χ0) is 18.3. The predicted octanol–water partition coefficient (Wildman–Crippen LogP) is 3.63. The highest BCUT2D eigenvalue weighted by Crippen LogP contribution is 2.38. The van der Waals surface area contributed by atoms with Crippen LogP contribution in [0.1, 0.15) is 23.6 Å². The number of carbonyl (C=O) groups is 1. The summed E-state index contributed by atoms with van der Waals surface area (Å²) in [4.78, 5) is 16.6. The van der Waals surface area contributed by atoms with E-state index in [1.54, 1.807) is 24.1 Å². The van der Waals surface area contributed by atoms with Crippen molar-refractivity contribution in [2.75, 3.05) is 12.4 Å². The zero-order valence-electron chi connectivity index (χ0n) is 13.9. The van der Waals surface area contributed by atoms with Crippen LogP contribution in [0.15, 0.2) is 48.8 Å². The maximum atomic E-state index is 14.3. The molecule has 1 aliphatic heterocycles. The molecular formula is C19H15F2N3O2. The molecule has 0 bridgehead atoms. The van der Waals surface area contributed by atoms with Crippen molar-refractivity contribution in [3.05, 3.63) is 71.7 Å². The zero-order valence-corrected chi connectivity index (χ0v) is 13.9. The van der Waals surface area contributed by atoms with Crippen molar-refractivity contribution < 1.29 is 18.3 Å². The molecule has 4 rings (SSSR count). The number of ether oxygens (including phenoxy) is 1. The Kier molecular flexibility index (Phi) is 3.91. The number of hydrogen-bond acceptors (Lipinski definition) is 3. The van der Waals surface area contributed by atoms with E-state index in [9.17, 15) is 13.6 Å². The van der Waals surface area contributed by atoms with E-state index in [0.29, 0.717) is 17.3 Å². The summed E-state index contributed by atoms with van der Waals surface area (Å²) in [5.41, 5.74) is 1.54. The molecule has 2 aromatic carbocycles. The van der Waals surface area contributed by atoms with E-state index in [0.717, 1.165) is 11.8 Å². The first-order chi connectivity index (χ1) is 12.6. The Morgan fingerprint density at radius 3 is 2.85 bits per heavy atom. The van der Waals surface area contributed by atoms with Crippen LogP contribution >= 0.6 is 0 Å². The highest BCUT2D eigenvalue weighted by molar-refractivity contribution is 5.94. The minimum absolute atomic E-state index is 0.0463. The van der Waals surface area contributed by atoms with Gasteiger partial charge >= 0.3 is 0 Å². The molecule has 0 fully saturated rings. The second kappa shape index (κ2) is 6.25. The van der Waals surface area contributed by atoms with Crippen molar-refractivity contribution >= 4 is 11.7 Å². The summed E-state index contributed by atoms with van der Waals surface area (Å²) >= 11 is 0. The Bertz CT molecular complexity index is 1000. The van der Waals surface area contributed by atoms with Gasteiger partial charge < -0.3 is 10.1 Å². The molecule has 0 saturated carbocycles. The number of aromatic nitrogens is 2. The summed E-state index contributed by atoms with van der Waals surface area (Å²) in [7, 11) is 1.57. The van der Waals surface area contributed by atoms with E-state index < -0.39 is 17.6 Å². The number of methoxy groups -OCH3 is 1. The largest absolute Gasteiger partial charge is 0.497 e. The van der Waals surface area contributed by atoms with Gasteiger partial charge in [0.25, 0.3) is 0 Å². The Morgan fingerprint density at radius 1 is 1.23 bits per heavy atom. The lowest BCUT2D eigenvalue weighted by Gasteiger charge is -2.23. The minimum atomic E-state index is -0.688. The van der Waals surface area contributed by atoms with Crippen molar-refractivity contribution in [2.45, 2.75) is 12.3 Å². The standard InChI is InChI=1S/C19H15F2N3O2/c1-26-13-4-2-3-12(8-13)24-10-22-18-15(9-17(25)23-19(18)24)14-6-5-11(20)7-16(14)21/h2-8,10,15H,9H2,1H3,(H,23,25)/t15-/m1/s1. The molecule has 7 heteroatoms. The average molecular weight is 355 g/mol. The van der Waals surface area contributed by atoms with Gasteiger partial charge in [-0.1, -0.05) is 12.1 Å². The van der Waals surface area contributed by atoms with Gasteiger partial charge in [-0.3, -0.25) is 9.36 Å². The smallest absolute Gasteiger partial charge is 0.226 e. The number of nitrogens with zero attached hydrogens (tertiary/aromatic N) is 2. The Morgan fingerprint density at radius 2 is 2.08 bits per heavy atom. The third kappa shape index (κ3) is 2.71. The molecule has 1 N–H and O–H groups in total. The van der Waals surface area contributed by atoms with E-state index in [4.69, 9.17) is 4.74 Å². The number of halogens is 2. The minimum Gasteiger partial charge on any atom is -0.497 e. The average Bonchev–Trinajstić information content (AvgIpc) is 3.05. The van der Waals surface area contributed by atoms with Crippen molar-refractivity contribution in [3.8, 4) is 11.4 Å². The number of fused-ring (bicyclic) bond motifs is 1. The topological polar surface area (TPSA) is 56.1 Å². The fourth-order valence-corrected chi connectivity index (χ4v) is 3.20. The van der Waals surface area contributed by atoms with Crippen LogP contribution in [-0.4, -0.2) is 22.6 Å². The third-order valence-corrected chi connectivity index (χ3v) is 4.44. The van der Waals surface area contributed by atoms with Crippen molar-refractivity contribution in [3.63, 3.8) is 0 Å². The summed E-state index contributed by atoms with van der Waals surface area (Å²) in [6.45, 7) is 0. The van der Waals surface area contributed by atoms with Crippen LogP contribution in [-0.2, 0) is 4.79 Å². The van der Waals surface area contributed by atoms with E-state index in [2.05, 4.69) is 10.3 Å². The summed E-state index contributed by atoms with van der Waals surface area (Å²) < 4.78 is 34.4. The van der Waals surface area contributed by atoms with Crippen LogP contribution in [0.5, 0.6) is 5.75 Å². The van der Waals surface area contributed by atoms with Gasteiger partial charge in [0.2, 0.25) is 5.91 Å². The van der Waals surface area contributed by atoms with E-state index >= 15 is 0 Å². The Labute approximate surface area is 148 Å². The number of carbonyl (C=O) groups excluding carboxylic acids is 1. The molecule has 1 atom stereocenters. The molecule has 1 aliphatic rings. The molecule has 132 valence electrons. The van der Waals surface area contributed by atoms with Crippen LogP contribution in [0, 0.1) is 11.6 Å². The third-order valence-electron chi connectivity index (χ3n) is 4.44. The summed E-state index contributed by atoms with van der Waals surface area (Å²) in [6.07, 6.45) is 1.62. The first-order valence-corrected chi connectivity index (χ1v) is 8.03. The predicted molar refractivity (Wildman–Crippen MR) is 91.6 cm³/mol. The first-order valence-electron chi connectivity index (χ1n) is 8.03. The van der Waals surface area contributed by atoms with Gasteiger partial charge in [-0.2, -0.15) is 0 Å². The summed E-state index contributed by atoms with van der Waals surface area (Å²) in [5, 5.41) is 2.80. The van der Waals surface area contributed by atoms with E-state index in [1.807, 2.05) is 18.2 Å². The number of hydrogen-bond donors (Lipinski definition) is 1. The highest BCUT2D eigenvalue weighted by Gasteiger charge is 2.32. The lowest BCUT2D eigenvalue weighted by molar-refractivity contribution is -0.116. The fourth-order valence-electron chi connectivity index (χ4n) is 3.20. The molecule has 0 unspecified atom stereocenters. The van der Waals surface area contributed by atoms with Gasteiger partial charge in [0.1, 0.15) is 29.5 Å². The number of rotatable bonds is 3. The van der Waals surface area contributed by atoms with Crippen LogP contribution in [0.3, 0.4) is 0 Å². The SMILES string of the molecule is COc1cccc(-n2cnc3c2NC(=O)C[C@@H]3c2ccc(F)cc2F)c1. The quantitative estimate of drug-likeness (QED) is 0.781. The number of anilines is 1. The Hall–Kier alpha value is -3.22. The van der Waals surface area contributed by atoms with E-state index in [1.165, 1.54) is 12.1 Å². The maximum absolute atomic E-state index is 14.3. The van der Waals surface area contributed by atoms with Gasteiger partial charge in [0.05, 0.1) is 18.5 Å². The lowest BCUT2D eigenvalue weighted by atomic mass is 9.89. The van der Waals surface area contributed by atoms with Gasteiger partial charge in [-0.05, 0) is 23.8 Å². The summed E-state index contributed by atoms with van der Waals surface area (Å²) in [5.74, 6) is -1.04. The van der Waals surface area contributed by atoms with Gasteiger partial charge in [0.15, 0.2) is 0 Å². The molecule has 0 saturated heterocycles. The van der Waals surface area contributed by atoms with Crippen molar-refractivity contribution in [2.24, 2.45) is 0 Å². The van der Waals surface area contributed by atoms with Crippen LogP contribution < -0.4 is 10.1 Å². The molecule has 26 heavy (non-hydrogen) atoms.